The third-order valence-electron chi connectivity index (χ3n) is 7.18. The second kappa shape index (κ2) is 13.7. The second-order valence-electron chi connectivity index (χ2n) is 10.5. The van der Waals surface area contributed by atoms with Crippen molar-refractivity contribution in [1.82, 2.24) is 10.2 Å². The average molecular weight is 580 g/mol. The molecule has 0 bridgehead atoms. The number of carbonyl (C=O) groups excluding carboxylic acids is 2. The van der Waals surface area contributed by atoms with Gasteiger partial charge in [0.1, 0.15) is 18.3 Å². The number of nitrogens with zero attached hydrogens (tertiary/aromatic N) is 2. The molecule has 2 atom stereocenters. The van der Waals surface area contributed by atoms with Gasteiger partial charge in [-0.2, -0.15) is 0 Å². The summed E-state index contributed by atoms with van der Waals surface area (Å²) in [7, 11) is -2.57. The van der Waals surface area contributed by atoms with Crippen LogP contribution in [0.2, 0.25) is 0 Å². The van der Waals surface area contributed by atoms with Gasteiger partial charge in [0.15, 0.2) is 0 Å². The van der Waals surface area contributed by atoms with E-state index in [1.54, 1.807) is 56.5 Å². The lowest BCUT2D eigenvalue weighted by Gasteiger charge is -2.33. The number of hydrogen-bond acceptors (Lipinski definition) is 5. The van der Waals surface area contributed by atoms with Crippen LogP contribution in [0.4, 0.5) is 5.69 Å². The fourth-order valence-corrected chi connectivity index (χ4v) is 5.83. The maximum absolute atomic E-state index is 14.1. The Labute approximate surface area is 244 Å². The average Bonchev–Trinajstić information content (AvgIpc) is 2.95. The summed E-state index contributed by atoms with van der Waals surface area (Å²) in [6, 6.07) is 18.4. The van der Waals surface area contributed by atoms with E-state index in [1.807, 2.05) is 58.9 Å². The zero-order valence-electron chi connectivity index (χ0n) is 25.0. The van der Waals surface area contributed by atoms with E-state index in [1.165, 1.54) is 4.90 Å². The summed E-state index contributed by atoms with van der Waals surface area (Å²) < 4.78 is 34.6. The molecule has 9 heteroatoms. The minimum atomic E-state index is -4.13. The Hall–Kier alpha value is -3.85. The number of carbonyl (C=O) groups is 2. The third-order valence-corrected chi connectivity index (χ3v) is 8.95. The summed E-state index contributed by atoms with van der Waals surface area (Å²) in [6.45, 7) is 10.7. The molecule has 0 saturated heterocycles. The van der Waals surface area contributed by atoms with Crippen LogP contribution in [0.1, 0.15) is 49.4 Å². The standard InChI is InChI=1S/C32H41N3O5S/c1-8-25(5)33-32(37)26(6)34(20-27-10-9-11-28(19-27)40-7)31(36)21-35(30-18-23(3)12-15-24(30)4)41(38,39)29-16-13-22(2)14-17-29/h9-19,25-26H,8,20-21H2,1-7H3,(H,33,37). The highest BCUT2D eigenvalue weighted by Crippen LogP contribution is 2.29. The number of aryl methyl sites for hydroxylation is 3. The molecule has 0 saturated carbocycles. The summed E-state index contributed by atoms with van der Waals surface area (Å²) in [4.78, 5) is 28.8. The van der Waals surface area contributed by atoms with Gasteiger partial charge in [0.05, 0.1) is 17.7 Å². The predicted molar refractivity (Wildman–Crippen MR) is 163 cm³/mol. The summed E-state index contributed by atoms with van der Waals surface area (Å²) in [6.07, 6.45) is 0.734. The Morgan fingerprint density at radius 2 is 1.59 bits per heavy atom. The van der Waals surface area contributed by atoms with Crippen molar-refractivity contribution >= 4 is 27.5 Å². The maximum Gasteiger partial charge on any atom is 0.264 e. The molecule has 3 rings (SSSR count). The van der Waals surface area contributed by atoms with Gasteiger partial charge in [0, 0.05) is 12.6 Å². The van der Waals surface area contributed by atoms with Crippen molar-refractivity contribution in [2.75, 3.05) is 18.0 Å². The topological polar surface area (TPSA) is 96.0 Å². The van der Waals surface area contributed by atoms with Crippen LogP contribution < -0.4 is 14.4 Å². The highest BCUT2D eigenvalue weighted by Gasteiger charge is 2.33. The predicted octanol–water partition coefficient (Wildman–Crippen LogP) is 5.15. The Kier molecular flexibility index (Phi) is 10.6. The zero-order valence-corrected chi connectivity index (χ0v) is 25.8. The SMILES string of the molecule is CCC(C)NC(=O)C(C)N(Cc1cccc(OC)c1)C(=O)CN(c1cc(C)ccc1C)S(=O)(=O)c1ccc(C)cc1. The minimum Gasteiger partial charge on any atom is -0.497 e. The Morgan fingerprint density at radius 1 is 0.927 bits per heavy atom. The van der Waals surface area contributed by atoms with Crippen LogP contribution >= 0.6 is 0 Å². The molecular weight excluding hydrogens is 538 g/mol. The van der Waals surface area contributed by atoms with E-state index in [9.17, 15) is 18.0 Å². The van der Waals surface area contributed by atoms with Crippen molar-refractivity contribution in [3.63, 3.8) is 0 Å². The number of anilines is 1. The van der Waals surface area contributed by atoms with Crippen LogP contribution in [-0.4, -0.2) is 50.9 Å². The smallest absolute Gasteiger partial charge is 0.264 e. The molecule has 3 aromatic carbocycles. The van der Waals surface area contributed by atoms with E-state index in [4.69, 9.17) is 4.74 Å². The zero-order chi connectivity index (χ0) is 30.3. The Morgan fingerprint density at radius 3 is 2.22 bits per heavy atom. The molecule has 0 aliphatic carbocycles. The van der Waals surface area contributed by atoms with Gasteiger partial charge in [-0.25, -0.2) is 8.42 Å². The lowest BCUT2D eigenvalue weighted by molar-refractivity contribution is -0.139. The number of hydrogen-bond donors (Lipinski definition) is 1. The van der Waals surface area contributed by atoms with Crippen LogP contribution in [-0.2, 0) is 26.2 Å². The number of nitrogens with one attached hydrogen (secondary N) is 1. The van der Waals surface area contributed by atoms with Crippen molar-refractivity contribution in [2.45, 2.75) is 71.5 Å². The van der Waals surface area contributed by atoms with E-state index < -0.39 is 28.5 Å². The molecule has 220 valence electrons. The van der Waals surface area contributed by atoms with Gasteiger partial charge in [-0.05, 0) is 88.1 Å². The van der Waals surface area contributed by atoms with Crippen LogP contribution in [0.15, 0.2) is 71.6 Å². The molecule has 0 aliphatic rings. The molecule has 0 aliphatic heterocycles. The van der Waals surface area contributed by atoms with Crippen LogP contribution in [0, 0.1) is 20.8 Å². The second-order valence-corrected chi connectivity index (χ2v) is 12.3. The monoisotopic (exact) mass is 579 g/mol. The van der Waals surface area contributed by atoms with E-state index in [-0.39, 0.29) is 23.4 Å². The summed E-state index contributed by atoms with van der Waals surface area (Å²) >= 11 is 0. The van der Waals surface area contributed by atoms with Gasteiger partial charge < -0.3 is 15.0 Å². The van der Waals surface area contributed by atoms with Gasteiger partial charge in [-0.1, -0.05) is 48.9 Å². The van der Waals surface area contributed by atoms with Gasteiger partial charge in [-0.3, -0.25) is 13.9 Å². The summed E-state index contributed by atoms with van der Waals surface area (Å²) in [5.41, 5.74) is 3.65. The largest absolute Gasteiger partial charge is 0.497 e. The van der Waals surface area contributed by atoms with Crippen LogP contribution in [0.3, 0.4) is 0 Å². The van der Waals surface area contributed by atoms with Crippen LogP contribution in [0.5, 0.6) is 5.75 Å². The van der Waals surface area contributed by atoms with E-state index in [2.05, 4.69) is 5.32 Å². The fourth-order valence-electron chi connectivity index (χ4n) is 4.35. The molecule has 0 spiro atoms. The molecule has 3 aromatic rings. The maximum atomic E-state index is 14.1. The lowest BCUT2D eigenvalue weighted by atomic mass is 10.1. The molecular formula is C32H41N3O5S. The normalized spacial score (nSPS) is 12.8. The number of amides is 2. The summed E-state index contributed by atoms with van der Waals surface area (Å²) in [5.74, 6) is -0.197. The van der Waals surface area contributed by atoms with Crippen LogP contribution in [0.25, 0.3) is 0 Å². The molecule has 0 fully saturated rings. The summed E-state index contributed by atoms with van der Waals surface area (Å²) in [5, 5.41) is 2.95. The Balaban J connectivity index is 2.08. The van der Waals surface area contributed by atoms with E-state index >= 15 is 0 Å². The third kappa shape index (κ3) is 7.88. The lowest BCUT2D eigenvalue weighted by Crippen LogP contribution is -2.52. The first-order valence-electron chi connectivity index (χ1n) is 13.8. The van der Waals surface area contributed by atoms with E-state index in [0.717, 1.165) is 27.4 Å². The van der Waals surface area contributed by atoms with Crippen molar-refractivity contribution in [1.29, 1.82) is 0 Å². The minimum absolute atomic E-state index is 0.0768. The fraction of sp³-hybridized carbons (Fsp3) is 0.375. The van der Waals surface area contributed by atoms with Gasteiger partial charge >= 0.3 is 0 Å². The van der Waals surface area contributed by atoms with Crippen molar-refractivity contribution in [2.24, 2.45) is 0 Å². The van der Waals surface area contributed by atoms with Gasteiger partial charge in [-0.15, -0.1) is 0 Å². The molecule has 0 radical (unpaired) electrons. The quantitative estimate of drug-likeness (QED) is 0.320. The van der Waals surface area contributed by atoms with Gasteiger partial charge in [0.25, 0.3) is 10.0 Å². The molecule has 2 amide bonds. The van der Waals surface area contributed by atoms with Crippen molar-refractivity contribution < 1.29 is 22.7 Å². The van der Waals surface area contributed by atoms with Crippen molar-refractivity contribution in [3.05, 3.63) is 89.0 Å². The molecule has 8 nitrogen and oxygen atoms in total. The van der Waals surface area contributed by atoms with Crippen molar-refractivity contribution in [3.8, 4) is 5.75 Å². The number of methoxy groups -OCH3 is 1. The van der Waals surface area contributed by atoms with E-state index in [0.29, 0.717) is 17.0 Å². The number of sulfonamides is 1. The Bertz CT molecular complexity index is 1470. The molecule has 41 heavy (non-hydrogen) atoms. The molecule has 2 unspecified atom stereocenters. The number of benzene rings is 3. The first kappa shape index (κ1) is 31.7. The first-order valence-corrected chi connectivity index (χ1v) is 15.2. The molecule has 0 heterocycles. The number of rotatable bonds is 12. The molecule has 1 N–H and O–H groups in total. The highest BCUT2D eigenvalue weighted by molar-refractivity contribution is 7.92. The first-order chi connectivity index (χ1) is 19.4. The highest BCUT2D eigenvalue weighted by atomic mass is 32.2. The molecule has 0 aromatic heterocycles. The van der Waals surface area contributed by atoms with Gasteiger partial charge in [0.2, 0.25) is 11.8 Å². The number of ether oxygens (including phenoxy) is 1.